The van der Waals surface area contributed by atoms with Crippen molar-refractivity contribution in [3.63, 3.8) is 0 Å². The summed E-state index contributed by atoms with van der Waals surface area (Å²) in [7, 11) is 1.79. The number of hydrogen-bond acceptors (Lipinski definition) is 3. The van der Waals surface area contributed by atoms with Gasteiger partial charge in [0.15, 0.2) is 0 Å². The highest BCUT2D eigenvalue weighted by atomic mass is 32.2. The van der Waals surface area contributed by atoms with Gasteiger partial charge in [0.1, 0.15) is 5.75 Å². The Balaban J connectivity index is 2.03. The molecular formula is C18H21NO2S. The summed E-state index contributed by atoms with van der Waals surface area (Å²) in [6, 6.07) is 8.23. The van der Waals surface area contributed by atoms with E-state index in [1.54, 1.807) is 23.4 Å². The number of pyridine rings is 1. The summed E-state index contributed by atoms with van der Waals surface area (Å²) < 4.78 is 7.67. The first kappa shape index (κ1) is 15.2. The van der Waals surface area contributed by atoms with Gasteiger partial charge in [0.05, 0.1) is 6.61 Å². The molecule has 2 aromatic rings. The predicted octanol–water partition coefficient (Wildman–Crippen LogP) is 3.87. The molecule has 1 aliphatic rings. The number of thioether (sulfide) groups is 1. The van der Waals surface area contributed by atoms with Crippen molar-refractivity contribution in [1.29, 1.82) is 0 Å². The van der Waals surface area contributed by atoms with Crippen LogP contribution in [0, 0.1) is 12.8 Å². The van der Waals surface area contributed by atoms with Gasteiger partial charge in [-0.25, -0.2) is 0 Å². The molecule has 3 nitrogen and oxygen atoms in total. The molecule has 1 fully saturated rings. The first-order valence-corrected chi connectivity index (χ1v) is 8.79. The summed E-state index contributed by atoms with van der Waals surface area (Å²) >= 11 is 1.71. The molecule has 4 heteroatoms. The lowest BCUT2D eigenvalue weighted by molar-refractivity contribution is 0.301. The van der Waals surface area contributed by atoms with E-state index in [0.29, 0.717) is 0 Å². The molecule has 1 aromatic carbocycles. The Labute approximate surface area is 135 Å². The topological polar surface area (TPSA) is 31.2 Å². The molecule has 0 atom stereocenters. The molecule has 0 unspecified atom stereocenters. The average molecular weight is 315 g/mol. The molecule has 1 aromatic heterocycles. The van der Waals surface area contributed by atoms with E-state index in [2.05, 4.69) is 18.4 Å². The van der Waals surface area contributed by atoms with Gasteiger partial charge in [-0.2, -0.15) is 0 Å². The number of aryl methyl sites for hydroxylation is 2. The predicted molar refractivity (Wildman–Crippen MR) is 91.9 cm³/mol. The first-order valence-electron chi connectivity index (χ1n) is 7.57. The minimum Gasteiger partial charge on any atom is -0.493 e. The van der Waals surface area contributed by atoms with Gasteiger partial charge in [-0.05, 0) is 56.2 Å². The maximum absolute atomic E-state index is 11.9. The quantitative estimate of drug-likeness (QED) is 0.785. The lowest BCUT2D eigenvalue weighted by Crippen LogP contribution is -2.18. The highest BCUT2D eigenvalue weighted by molar-refractivity contribution is 7.98. The molecule has 0 saturated heterocycles. The molecule has 0 bridgehead atoms. The number of ether oxygens (including phenoxy) is 1. The van der Waals surface area contributed by atoms with Crippen LogP contribution >= 0.6 is 11.8 Å². The highest BCUT2D eigenvalue weighted by Crippen LogP contribution is 2.36. The fourth-order valence-electron chi connectivity index (χ4n) is 2.50. The van der Waals surface area contributed by atoms with E-state index in [0.717, 1.165) is 35.0 Å². The van der Waals surface area contributed by atoms with Crippen LogP contribution < -0.4 is 10.3 Å². The summed E-state index contributed by atoms with van der Waals surface area (Å²) in [5.74, 6) is 1.62. The minimum atomic E-state index is 0.0465. The van der Waals surface area contributed by atoms with Crippen LogP contribution in [-0.2, 0) is 7.05 Å². The molecule has 116 valence electrons. The Morgan fingerprint density at radius 2 is 2.09 bits per heavy atom. The van der Waals surface area contributed by atoms with Crippen molar-refractivity contribution in [2.75, 3.05) is 12.9 Å². The summed E-state index contributed by atoms with van der Waals surface area (Å²) in [6.07, 6.45) is 6.50. The van der Waals surface area contributed by atoms with Crippen LogP contribution in [0.2, 0.25) is 0 Å². The zero-order chi connectivity index (χ0) is 15.7. The van der Waals surface area contributed by atoms with Crippen LogP contribution in [0.3, 0.4) is 0 Å². The van der Waals surface area contributed by atoms with Crippen LogP contribution in [0.5, 0.6) is 5.75 Å². The van der Waals surface area contributed by atoms with Gasteiger partial charge in [-0.15, -0.1) is 11.8 Å². The Hall–Kier alpha value is -1.68. The maximum atomic E-state index is 11.9. The maximum Gasteiger partial charge on any atom is 0.253 e. The fourth-order valence-corrected chi connectivity index (χ4v) is 2.94. The van der Waals surface area contributed by atoms with Crippen LogP contribution in [-0.4, -0.2) is 17.4 Å². The van der Waals surface area contributed by atoms with E-state index < -0.39 is 0 Å². The molecule has 0 aliphatic heterocycles. The Bertz CT molecular complexity index is 721. The zero-order valence-electron chi connectivity index (χ0n) is 13.3. The zero-order valence-corrected chi connectivity index (χ0v) is 14.1. The van der Waals surface area contributed by atoms with Crippen LogP contribution in [0.15, 0.2) is 40.2 Å². The second-order valence-electron chi connectivity index (χ2n) is 5.94. The Morgan fingerprint density at radius 1 is 1.32 bits per heavy atom. The Kier molecular flexibility index (Phi) is 4.30. The lowest BCUT2D eigenvalue weighted by Gasteiger charge is -2.14. The van der Waals surface area contributed by atoms with Gasteiger partial charge in [0, 0.05) is 34.8 Å². The number of rotatable bonds is 5. The van der Waals surface area contributed by atoms with Crippen LogP contribution in [0.25, 0.3) is 11.1 Å². The van der Waals surface area contributed by atoms with Crippen molar-refractivity contribution in [2.24, 2.45) is 13.0 Å². The van der Waals surface area contributed by atoms with E-state index in [1.807, 2.05) is 25.3 Å². The van der Waals surface area contributed by atoms with Gasteiger partial charge in [0.2, 0.25) is 0 Å². The molecule has 0 amide bonds. The second-order valence-corrected chi connectivity index (χ2v) is 6.82. The fraction of sp³-hybridized carbons (Fsp3) is 0.389. The summed E-state index contributed by atoms with van der Waals surface area (Å²) in [5, 5.41) is 0. The van der Waals surface area contributed by atoms with E-state index in [4.69, 9.17) is 4.74 Å². The number of benzene rings is 1. The van der Waals surface area contributed by atoms with E-state index in [-0.39, 0.29) is 5.56 Å². The van der Waals surface area contributed by atoms with Gasteiger partial charge in [-0.3, -0.25) is 4.79 Å². The van der Waals surface area contributed by atoms with Crippen molar-refractivity contribution in [2.45, 2.75) is 24.7 Å². The SMILES string of the molecule is CSc1ccc(OCC2CC2)c(-c2cc(C)c(=O)n(C)c2)c1. The van der Waals surface area contributed by atoms with Gasteiger partial charge >= 0.3 is 0 Å². The molecule has 3 rings (SSSR count). The van der Waals surface area contributed by atoms with Crippen molar-refractivity contribution < 1.29 is 4.74 Å². The third-order valence-corrected chi connectivity index (χ3v) is 4.76. The molecule has 22 heavy (non-hydrogen) atoms. The highest BCUT2D eigenvalue weighted by Gasteiger charge is 2.22. The second kappa shape index (κ2) is 6.21. The molecule has 1 saturated carbocycles. The molecule has 1 aliphatic carbocycles. The summed E-state index contributed by atoms with van der Waals surface area (Å²) in [4.78, 5) is 13.1. The summed E-state index contributed by atoms with van der Waals surface area (Å²) in [6.45, 7) is 2.64. The Morgan fingerprint density at radius 3 is 2.73 bits per heavy atom. The van der Waals surface area contributed by atoms with Crippen LogP contribution in [0.1, 0.15) is 18.4 Å². The van der Waals surface area contributed by atoms with Crippen molar-refractivity contribution >= 4 is 11.8 Å². The first-order chi connectivity index (χ1) is 10.6. The van der Waals surface area contributed by atoms with E-state index in [1.165, 1.54) is 17.7 Å². The lowest BCUT2D eigenvalue weighted by atomic mass is 10.0. The molecule has 0 radical (unpaired) electrons. The average Bonchev–Trinajstić information content (AvgIpc) is 3.34. The molecule has 0 spiro atoms. The largest absolute Gasteiger partial charge is 0.493 e. The minimum absolute atomic E-state index is 0.0465. The third-order valence-electron chi connectivity index (χ3n) is 4.03. The van der Waals surface area contributed by atoms with Gasteiger partial charge in [0.25, 0.3) is 5.56 Å². The molecule has 1 heterocycles. The van der Waals surface area contributed by atoms with E-state index in [9.17, 15) is 4.79 Å². The monoisotopic (exact) mass is 315 g/mol. The van der Waals surface area contributed by atoms with Gasteiger partial charge < -0.3 is 9.30 Å². The standard InChI is InChI=1S/C18H21NO2S/c1-12-8-14(10-19(2)18(12)20)16-9-15(22-3)6-7-17(16)21-11-13-4-5-13/h6-10,13H,4-5,11H2,1-3H3. The van der Waals surface area contributed by atoms with Crippen molar-refractivity contribution in [3.05, 3.63) is 46.4 Å². The molecular weight excluding hydrogens is 294 g/mol. The number of hydrogen-bond donors (Lipinski definition) is 0. The normalized spacial score (nSPS) is 14.1. The van der Waals surface area contributed by atoms with E-state index >= 15 is 0 Å². The van der Waals surface area contributed by atoms with Gasteiger partial charge in [-0.1, -0.05) is 0 Å². The number of aromatic nitrogens is 1. The number of nitrogens with zero attached hydrogens (tertiary/aromatic N) is 1. The van der Waals surface area contributed by atoms with Crippen molar-refractivity contribution in [1.82, 2.24) is 4.57 Å². The smallest absolute Gasteiger partial charge is 0.253 e. The molecule has 0 N–H and O–H groups in total. The van der Waals surface area contributed by atoms with Crippen LogP contribution in [0.4, 0.5) is 0 Å². The third kappa shape index (κ3) is 3.22. The summed E-state index contributed by atoms with van der Waals surface area (Å²) in [5.41, 5.74) is 2.89. The van der Waals surface area contributed by atoms with Crippen molar-refractivity contribution in [3.8, 4) is 16.9 Å².